The molecule has 0 aliphatic heterocycles. The van der Waals surface area contributed by atoms with Gasteiger partial charge in [0.25, 0.3) is 5.91 Å². The van der Waals surface area contributed by atoms with E-state index in [1.807, 2.05) is 31.2 Å². The van der Waals surface area contributed by atoms with Gasteiger partial charge >= 0.3 is 6.03 Å². The number of nitrogens with one attached hydrogen (secondary N) is 2. The second-order valence-electron chi connectivity index (χ2n) is 5.35. The van der Waals surface area contributed by atoms with Crippen molar-refractivity contribution in [1.82, 2.24) is 10.6 Å². The first-order valence-corrected chi connectivity index (χ1v) is 7.57. The summed E-state index contributed by atoms with van der Waals surface area (Å²) in [7, 11) is 1.60. The lowest BCUT2D eigenvalue weighted by molar-refractivity contribution is 0.0939. The van der Waals surface area contributed by atoms with Crippen LogP contribution in [-0.4, -0.2) is 19.0 Å². The number of benzene rings is 2. The molecule has 2 aromatic carbocycles. The van der Waals surface area contributed by atoms with Gasteiger partial charge in [-0.05, 0) is 30.7 Å². The van der Waals surface area contributed by atoms with E-state index in [1.54, 1.807) is 31.4 Å². The fourth-order valence-corrected chi connectivity index (χ4v) is 2.35. The molecule has 0 spiro atoms. The number of para-hydroxylation sites is 1. The average molecular weight is 327 g/mol. The maximum atomic E-state index is 12.4. The van der Waals surface area contributed by atoms with Crippen LogP contribution in [0.5, 0.6) is 5.75 Å². The van der Waals surface area contributed by atoms with E-state index in [1.165, 1.54) is 0 Å². The van der Waals surface area contributed by atoms with Crippen molar-refractivity contribution in [3.63, 3.8) is 0 Å². The lowest BCUT2D eigenvalue weighted by atomic mass is 10.1. The lowest BCUT2D eigenvalue weighted by Gasteiger charge is -2.17. The zero-order valence-corrected chi connectivity index (χ0v) is 13.7. The fraction of sp³-hybridized carbons (Fsp3) is 0.222. The SMILES string of the molecule is COc1ccccc1[C@@H](C)NC(=O)c1ccc(CNC(N)=O)cc1. The number of hydrogen-bond donors (Lipinski definition) is 3. The summed E-state index contributed by atoms with van der Waals surface area (Å²) >= 11 is 0. The fourth-order valence-electron chi connectivity index (χ4n) is 2.35. The van der Waals surface area contributed by atoms with Crippen LogP contribution in [0.4, 0.5) is 4.79 Å². The van der Waals surface area contributed by atoms with Gasteiger partial charge in [0.05, 0.1) is 13.2 Å². The Bertz CT molecular complexity index is 714. The van der Waals surface area contributed by atoms with Crippen molar-refractivity contribution in [3.05, 3.63) is 65.2 Å². The van der Waals surface area contributed by atoms with Gasteiger partial charge in [-0.1, -0.05) is 30.3 Å². The Balaban J connectivity index is 2.02. The van der Waals surface area contributed by atoms with Gasteiger partial charge in [-0.25, -0.2) is 4.79 Å². The largest absolute Gasteiger partial charge is 0.496 e. The first kappa shape index (κ1) is 17.3. The third-order valence-corrected chi connectivity index (χ3v) is 3.64. The molecule has 0 heterocycles. The van der Waals surface area contributed by atoms with Crippen LogP contribution in [0.15, 0.2) is 48.5 Å². The second kappa shape index (κ2) is 8.01. The summed E-state index contributed by atoms with van der Waals surface area (Å²) in [5.74, 6) is 0.556. The maximum absolute atomic E-state index is 12.4. The molecule has 6 nitrogen and oxygen atoms in total. The first-order chi connectivity index (χ1) is 11.5. The van der Waals surface area contributed by atoms with Gasteiger partial charge in [0.15, 0.2) is 0 Å². The molecule has 6 heteroatoms. The summed E-state index contributed by atoms with van der Waals surface area (Å²) in [5.41, 5.74) is 7.35. The Morgan fingerprint density at radius 2 is 1.79 bits per heavy atom. The molecule has 3 amide bonds. The number of urea groups is 1. The molecule has 0 aliphatic rings. The monoisotopic (exact) mass is 327 g/mol. The maximum Gasteiger partial charge on any atom is 0.312 e. The molecule has 0 unspecified atom stereocenters. The number of rotatable bonds is 6. The Kier molecular flexibility index (Phi) is 5.78. The van der Waals surface area contributed by atoms with E-state index in [0.717, 1.165) is 16.9 Å². The molecule has 0 aromatic heterocycles. The number of ether oxygens (including phenoxy) is 1. The number of carbonyl (C=O) groups excluding carboxylic acids is 2. The van der Waals surface area contributed by atoms with Crippen molar-refractivity contribution in [2.75, 3.05) is 7.11 Å². The van der Waals surface area contributed by atoms with Crippen molar-refractivity contribution >= 4 is 11.9 Å². The first-order valence-electron chi connectivity index (χ1n) is 7.57. The molecule has 1 atom stereocenters. The highest BCUT2D eigenvalue weighted by molar-refractivity contribution is 5.94. The number of carbonyl (C=O) groups is 2. The normalized spacial score (nSPS) is 11.4. The molecule has 24 heavy (non-hydrogen) atoms. The lowest BCUT2D eigenvalue weighted by Crippen LogP contribution is -2.29. The highest BCUT2D eigenvalue weighted by Crippen LogP contribution is 2.24. The minimum Gasteiger partial charge on any atom is -0.496 e. The quantitative estimate of drug-likeness (QED) is 0.760. The van der Waals surface area contributed by atoms with Crippen molar-refractivity contribution < 1.29 is 14.3 Å². The predicted molar refractivity (Wildman–Crippen MR) is 91.7 cm³/mol. The van der Waals surface area contributed by atoms with Crippen molar-refractivity contribution in [2.45, 2.75) is 19.5 Å². The van der Waals surface area contributed by atoms with Gasteiger partial charge in [0, 0.05) is 17.7 Å². The number of amides is 3. The third kappa shape index (κ3) is 4.49. The summed E-state index contributed by atoms with van der Waals surface area (Å²) in [6, 6.07) is 13.8. The summed E-state index contributed by atoms with van der Waals surface area (Å²) in [6.45, 7) is 2.23. The molecule has 0 fully saturated rings. The zero-order valence-electron chi connectivity index (χ0n) is 13.7. The van der Waals surface area contributed by atoms with Crippen molar-refractivity contribution in [2.24, 2.45) is 5.73 Å². The molecular formula is C18H21N3O3. The third-order valence-electron chi connectivity index (χ3n) is 3.64. The second-order valence-corrected chi connectivity index (χ2v) is 5.35. The minimum absolute atomic E-state index is 0.178. The standard InChI is InChI=1S/C18H21N3O3/c1-12(15-5-3-4-6-16(15)24-2)21-17(22)14-9-7-13(8-10-14)11-20-18(19)23/h3-10,12H,11H2,1-2H3,(H,21,22)(H3,19,20,23)/t12-/m1/s1. The van der Waals surface area contributed by atoms with Gasteiger partial charge in [-0.2, -0.15) is 0 Å². The Hall–Kier alpha value is -3.02. The summed E-state index contributed by atoms with van der Waals surface area (Å²) in [4.78, 5) is 23.1. The molecule has 126 valence electrons. The molecular weight excluding hydrogens is 306 g/mol. The van der Waals surface area contributed by atoms with Crippen LogP contribution in [0.2, 0.25) is 0 Å². The number of methoxy groups -OCH3 is 1. The minimum atomic E-state index is -0.581. The Morgan fingerprint density at radius 3 is 2.42 bits per heavy atom. The molecule has 0 radical (unpaired) electrons. The molecule has 0 bridgehead atoms. The van der Waals surface area contributed by atoms with E-state index in [-0.39, 0.29) is 11.9 Å². The average Bonchev–Trinajstić information content (AvgIpc) is 2.60. The van der Waals surface area contributed by atoms with Gasteiger partial charge < -0.3 is 21.1 Å². The highest BCUT2D eigenvalue weighted by Gasteiger charge is 2.14. The Morgan fingerprint density at radius 1 is 1.12 bits per heavy atom. The molecule has 0 saturated carbocycles. The summed E-state index contributed by atoms with van der Waals surface area (Å²) in [6.07, 6.45) is 0. The van der Waals surface area contributed by atoms with Crippen LogP contribution in [-0.2, 0) is 6.54 Å². The van der Waals surface area contributed by atoms with Crippen LogP contribution in [0.25, 0.3) is 0 Å². The highest BCUT2D eigenvalue weighted by atomic mass is 16.5. The topological polar surface area (TPSA) is 93.4 Å². The summed E-state index contributed by atoms with van der Waals surface area (Å²) in [5, 5.41) is 5.45. The molecule has 0 aliphatic carbocycles. The van der Waals surface area contributed by atoms with Gasteiger partial charge in [-0.15, -0.1) is 0 Å². The number of nitrogens with two attached hydrogens (primary N) is 1. The van der Waals surface area contributed by atoms with Crippen molar-refractivity contribution in [1.29, 1.82) is 0 Å². The number of primary amides is 1. The van der Waals surface area contributed by atoms with Crippen LogP contribution in [0.3, 0.4) is 0 Å². The van der Waals surface area contributed by atoms with Crippen LogP contribution >= 0.6 is 0 Å². The van der Waals surface area contributed by atoms with Crippen LogP contribution < -0.4 is 21.1 Å². The smallest absolute Gasteiger partial charge is 0.312 e. The van der Waals surface area contributed by atoms with E-state index in [2.05, 4.69) is 10.6 Å². The molecule has 2 rings (SSSR count). The van der Waals surface area contributed by atoms with Gasteiger partial charge in [-0.3, -0.25) is 4.79 Å². The Labute approximate surface area is 141 Å². The van der Waals surface area contributed by atoms with Crippen molar-refractivity contribution in [3.8, 4) is 5.75 Å². The van der Waals surface area contributed by atoms with E-state index in [9.17, 15) is 9.59 Å². The van der Waals surface area contributed by atoms with Gasteiger partial charge in [0.2, 0.25) is 0 Å². The predicted octanol–water partition coefficient (Wildman–Crippen LogP) is 2.35. The zero-order chi connectivity index (χ0) is 17.5. The van der Waals surface area contributed by atoms with Crippen LogP contribution in [0, 0.1) is 0 Å². The molecule has 4 N–H and O–H groups in total. The van der Waals surface area contributed by atoms with Gasteiger partial charge in [0.1, 0.15) is 5.75 Å². The van der Waals surface area contributed by atoms with E-state index >= 15 is 0 Å². The van der Waals surface area contributed by atoms with Crippen LogP contribution in [0.1, 0.15) is 34.5 Å². The molecule has 2 aromatic rings. The summed E-state index contributed by atoms with van der Waals surface area (Å²) < 4.78 is 5.32. The molecule has 0 saturated heterocycles. The van der Waals surface area contributed by atoms with E-state index in [0.29, 0.717) is 12.1 Å². The van der Waals surface area contributed by atoms with E-state index < -0.39 is 6.03 Å². The number of hydrogen-bond acceptors (Lipinski definition) is 3. The van der Waals surface area contributed by atoms with E-state index in [4.69, 9.17) is 10.5 Å².